The number of ether oxygens (including phenoxy) is 1. The molecular weight excluding hydrogens is 397 g/mol. The van der Waals surface area contributed by atoms with Crippen LogP contribution in [0.5, 0.6) is 5.75 Å². The zero-order valence-electron chi connectivity index (χ0n) is 19.3. The zero-order chi connectivity index (χ0) is 22.5. The van der Waals surface area contributed by atoms with Crippen molar-refractivity contribution in [1.82, 2.24) is 4.57 Å². The lowest BCUT2D eigenvalue weighted by Gasteiger charge is -2.14. The molecule has 1 heterocycles. The number of unbranched alkanes of at least 4 members (excludes halogenated alkanes) is 1. The van der Waals surface area contributed by atoms with Gasteiger partial charge in [-0.25, -0.2) is 4.39 Å². The van der Waals surface area contributed by atoms with E-state index in [2.05, 4.69) is 42.7 Å². The van der Waals surface area contributed by atoms with Gasteiger partial charge >= 0.3 is 0 Å². The Bertz CT molecular complexity index is 1190. The lowest BCUT2D eigenvalue weighted by atomic mass is 10.0. The number of nitrogens with zero attached hydrogens (tertiary/aromatic N) is 1. The highest BCUT2D eigenvalue weighted by atomic mass is 19.1. The van der Waals surface area contributed by atoms with Crippen molar-refractivity contribution in [2.24, 2.45) is 0 Å². The summed E-state index contributed by atoms with van der Waals surface area (Å²) in [5.74, 6) is 0.542. The lowest BCUT2D eigenvalue weighted by molar-refractivity contribution is 0.309. The minimum absolute atomic E-state index is 0.183. The van der Waals surface area contributed by atoms with Gasteiger partial charge < -0.3 is 9.30 Å². The molecule has 3 aromatic carbocycles. The quantitative estimate of drug-likeness (QED) is 0.246. The van der Waals surface area contributed by atoms with Crippen LogP contribution < -0.4 is 4.74 Å². The SMILES string of the molecule is CCCCOc1ccc2c(c1)c(F)c(-c1ccccc1C)n2Cc1ccc(CCC)cc1. The average molecular weight is 430 g/mol. The molecule has 3 heteroatoms. The molecule has 0 saturated carbocycles. The monoisotopic (exact) mass is 429 g/mol. The maximum absolute atomic E-state index is 15.9. The van der Waals surface area contributed by atoms with Gasteiger partial charge in [0.2, 0.25) is 0 Å². The van der Waals surface area contributed by atoms with Gasteiger partial charge in [-0.3, -0.25) is 0 Å². The van der Waals surface area contributed by atoms with E-state index in [1.807, 2.05) is 49.4 Å². The van der Waals surface area contributed by atoms with E-state index in [0.717, 1.165) is 48.1 Å². The van der Waals surface area contributed by atoms with Gasteiger partial charge in [-0.1, -0.05) is 75.2 Å². The summed E-state index contributed by atoms with van der Waals surface area (Å²) in [6, 6.07) is 22.5. The fraction of sp³-hybridized carbons (Fsp3) is 0.310. The highest BCUT2D eigenvalue weighted by Crippen LogP contribution is 2.36. The Balaban J connectivity index is 1.81. The highest BCUT2D eigenvalue weighted by Gasteiger charge is 2.21. The van der Waals surface area contributed by atoms with Gasteiger partial charge in [-0.15, -0.1) is 0 Å². The summed E-state index contributed by atoms with van der Waals surface area (Å²) in [5, 5.41) is 0.611. The van der Waals surface area contributed by atoms with Crippen LogP contribution in [0, 0.1) is 12.7 Å². The third kappa shape index (κ3) is 4.57. The molecule has 2 nitrogen and oxygen atoms in total. The molecule has 1 aromatic heterocycles. The van der Waals surface area contributed by atoms with Gasteiger partial charge in [0.1, 0.15) is 5.75 Å². The van der Waals surface area contributed by atoms with Crippen LogP contribution >= 0.6 is 0 Å². The number of rotatable bonds is 9. The third-order valence-electron chi connectivity index (χ3n) is 6.04. The number of hydrogen-bond donors (Lipinski definition) is 0. The van der Waals surface area contributed by atoms with Crippen molar-refractivity contribution in [2.45, 2.75) is 53.0 Å². The third-order valence-corrected chi connectivity index (χ3v) is 6.04. The Labute approximate surface area is 190 Å². The minimum Gasteiger partial charge on any atom is -0.494 e. The van der Waals surface area contributed by atoms with Crippen molar-refractivity contribution in [2.75, 3.05) is 6.61 Å². The van der Waals surface area contributed by atoms with Crippen LogP contribution in [0.2, 0.25) is 0 Å². The number of aryl methyl sites for hydroxylation is 2. The van der Waals surface area contributed by atoms with Crippen LogP contribution in [0.3, 0.4) is 0 Å². The molecule has 0 fully saturated rings. The molecule has 0 unspecified atom stereocenters. The van der Waals surface area contributed by atoms with E-state index >= 15 is 4.39 Å². The van der Waals surface area contributed by atoms with Crippen LogP contribution in [-0.4, -0.2) is 11.2 Å². The number of aromatic nitrogens is 1. The topological polar surface area (TPSA) is 14.2 Å². The molecule has 4 aromatic rings. The maximum atomic E-state index is 15.9. The summed E-state index contributed by atoms with van der Waals surface area (Å²) in [6.45, 7) is 7.63. The van der Waals surface area contributed by atoms with Gasteiger partial charge in [-0.2, -0.15) is 0 Å². The normalized spacial score (nSPS) is 11.2. The Morgan fingerprint density at radius 1 is 0.875 bits per heavy atom. The van der Waals surface area contributed by atoms with Crippen LogP contribution in [0.4, 0.5) is 4.39 Å². The Kier molecular flexibility index (Phi) is 6.94. The number of halogens is 1. The maximum Gasteiger partial charge on any atom is 0.156 e. The molecule has 0 spiro atoms. The second-order valence-electron chi connectivity index (χ2n) is 8.51. The van der Waals surface area contributed by atoms with Crippen LogP contribution in [0.15, 0.2) is 66.7 Å². The van der Waals surface area contributed by atoms with E-state index in [9.17, 15) is 0 Å². The van der Waals surface area contributed by atoms with Crippen molar-refractivity contribution in [1.29, 1.82) is 0 Å². The molecule has 0 atom stereocenters. The van der Waals surface area contributed by atoms with E-state index in [0.29, 0.717) is 24.2 Å². The molecule has 0 aliphatic heterocycles. The van der Waals surface area contributed by atoms with E-state index in [4.69, 9.17) is 4.74 Å². The van der Waals surface area contributed by atoms with Gasteiger partial charge in [-0.05, 0) is 54.7 Å². The van der Waals surface area contributed by atoms with Crippen molar-refractivity contribution in [3.05, 3.63) is 89.2 Å². The van der Waals surface area contributed by atoms with Gasteiger partial charge in [0, 0.05) is 17.5 Å². The fourth-order valence-electron chi connectivity index (χ4n) is 4.27. The summed E-state index contributed by atoms with van der Waals surface area (Å²) >= 11 is 0. The van der Waals surface area contributed by atoms with E-state index in [-0.39, 0.29) is 5.82 Å². The second kappa shape index (κ2) is 10.0. The number of fused-ring (bicyclic) bond motifs is 1. The van der Waals surface area contributed by atoms with Crippen LogP contribution in [-0.2, 0) is 13.0 Å². The smallest absolute Gasteiger partial charge is 0.156 e. The average Bonchev–Trinajstić information content (AvgIpc) is 3.07. The van der Waals surface area contributed by atoms with E-state index in [1.165, 1.54) is 11.1 Å². The first-order valence-corrected chi connectivity index (χ1v) is 11.7. The first-order valence-electron chi connectivity index (χ1n) is 11.7. The lowest BCUT2D eigenvalue weighted by Crippen LogP contribution is -2.03. The predicted molar refractivity (Wildman–Crippen MR) is 132 cm³/mol. The molecule has 0 N–H and O–H groups in total. The van der Waals surface area contributed by atoms with Crippen molar-refractivity contribution in [3.8, 4) is 17.0 Å². The molecule has 0 aliphatic carbocycles. The van der Waals surface area contributed by atoms with E-state index < -0.39 is 0 Å². The van der Waals surface area contributed by atoms with Gasteiger partial charge in [0.15, 0.2) is 5.82 Å². The second-order valence-corrected chi connectivity index (χ2v) is 8.51. The molecule has 0 saturated heterocycles. The van der Waals surface area contributed by atoms with Crippen molar-refractivity contribution < 1.29 is 9.13 Å². The first kappa shape index (κ1) is 22.1. The first-order chi connectivity index (χ1) is 15.6. The Morgan fingerprint density at radius 3 is 2.34 bits per heavy atom. The molecular formula is C29H32FNO. The summed E-state index contributed by atoms with van der Waals surface area (Å²) in [5.41, 5.74) is 6.03. The Morgan fingerprint density at radius 2 is 1.62 bits per heavy atom. The van der Waals surface area contributed by atoms with Crippen LogP contribution in [0.1, 0.15) is 49.8 Å². The molecule has 0 bridgehead atoms. The summed E-state index contributed by atoms with van der Waals surface area (Å²) in [4.78, 5) is 0. The standard InChI is InChI=1S/C29H32FNO/c1-4-6-18-32-24-16-17-27-26(19-24)28(30)29(25-11-8-7-10-21(25)3)31(27)20-23-14-12-22(9-5-2)13-15-23/h7-8,10-17,19H,4-6,9,18,20H2,1-3H3. The largest absolute Gasteiger partial charge is 0.494 e. The summed E-state index contributed by atoms with van der Waals surface area (Å²) in [6.07, 6.45) is 4.27. The minimum atomic E-state index is -0.183. The zero-order valence-corrected chi connectivity index (χ0v) is 19.3. The van der Waals surface area contributed by atoms with Crippen LogP contribution in [0.25, 0.3) is 22.2 Å². The predicted octanol–water partition coefficient (Wildman–Crippen LogP) is 7.94. The summed E-state index contributed by atoms with van der Waals surface area (Å²) in [7, 11) is 0. The van der Waals surface area contributed by atoms with E-state index in [1.54, 1.807) is 0 Å². The number of benzene rings is 3. The molecule has 32 heavy (non-hydrogen) atoms. The molecule has 4 rings (SSSR count). The molecule has 0 aliphatic rings. The van der Waals surface area contributed by atoms with Gasteiger partial charge in [0.05, 0.1) is 17.8 Å². The van der Waals surface area contributed by atoms with Gasteiger partial charge in [0.25, 0.3) is 0 Å². The number of hydrogen-bond acceptors (Lipinski definition) is 1. The molecule has 166 valence electrons. The highest BCUT2D eigenvalue weighted by molar-refractivity contribution is 5.89. The molecule has 0 radical (unpaired) electrons. The van der Waals surface area contributed by atoms with Crippen molar-refractivity contribution >= 4 is 10.9 Å². The van der Waals surface area contributed by atoms with Crippen molar-refractivity contribution in [3.63, 3.8) is 0 Å². The fourth-order valence-corrected chi connectivity index (χ4v) is 4.27. The summed E-state index contributed by atoms with van der Waals surface area (Å²) < 4.78 is 23.9. The Hall–Kier alpha value is -3.07. The molecule has 0 amide bonds.